The summed E-state index contributed by atoms with van der Waals surface area (Å²) in [6.45, 7) is 2.14. The number of halogens is 2. The summed E-state index contributed by atoms with van der Waals surface area (Å²) in [5, 5.41) is 2.52. The number of nitrogens with one attached hydrogen (secondary N) is 1. The zero-order valence-electron chi connectivity index (χ0n) is 8.52. The normalized spacial score (nSPS) is 10.1. The number of hydrogen-bond donors (Lipinski definition) is 1. The van der Waals surface area contributed by atoms with Gasteiger partial charge in [0.25, 0.3) is 0 Å². The van der Waals surface area contributed by atoms with Crippen molar-refractivity contribution >= 4 is 17.5 Å². The third-order valence-electron chi connectivity index (χ3n) is 2.12. The second-order valence-corrected chi connectivity index (χ2v) is 3.46. The Kier molecular flexibility index (Phi) is 4.56. The molecule has 0 aliphatic heterocycles. The maximum atomic E-state index is 13.4. The highest BCUT2D eigenvalue weighted by Crippen LogP contribution is 2.10. The van der Waals surface area contributed by atoms with E-state index in [4.69, 9.17) is 11.6 Å². The molecule has 1 amide bonds. The molecule has 0 aliphatic rings. The van der Waals surface area contributed by atoms with Crippen molar-refractivity contribution in [3.8, 4) is 0 Å². The van der Waals surface area contributed by atoms with Crippen LogP contribution in [0.2, 0.25) is 0 Å². The Morgan fingerprint density at radius 1 is 1.53 bits per heavy atom. The molecule has 0 saturated carbocycles. The van der Waals surface area contributed by atoms with E-state index >= 15 is 0 Å². The van der Waals surface area contributed by atoms with E-state index in [1.807, 2.05) is 13.0 Å². The van der Waals surface area contributed by atoms with Crippen molar-refractivity contribution in [3.05, 3.63) is 35.1 Å². The first kappa shape index (κ1) is 12.0. The Bertz CT molecular complexity index is 354. The fraction of sp³-hybridized carbons (Fsp3) is 0.364. The maximum Gasteiger partial charge on any atom is 0.235 e. The van der Waals surface area contributed by atoms with Gasteiger partial charge >= 0.3 is 0 Å². The summed E-state index contributed by atoms with van der Waals surface area (Å²) < 4.78 is 13.4. The van der Waals surface area contributed by atoms with E-state index in [0.29, 0.717) is 5.56 Å². The average molecular weight is 230 g/mol. The van der Waals surface area contributed by atoms with Gasteiger partial charge in [-0.05, 0) is 18.1 Å². The van der Waals surface area contributed by atoms with Crippen LogP contribution in [0.15, 0.2) is 18.2 Å². The van der Waals surface area contributed by atoms with Crippen LogP contribution in [-0.4, -0.2) is 11.8 Å². The van der Waals surface area contributed by atoms with Gasteiger partial charge in [-0.25, -0.2) is 4.39 Å². The molecule has 82 valence electrons. The lowest BCUT2D eigenvalue weighted by Crippen LogP contribution is -2.24. The molecule has 0 fully saturated rings. The highest BCUT2D eigenvalue weighted by molar-refractivity contribution is 6.27. The number of alkyl halides is 1. The van der Waals surface area contributed by atoms with Gasteiger partial charge in [-0.2, -0.15) is 0 Å². The van der Waals surface area contributed by atoms with Crippen molar-refractivity contribution in [2.45, 2.75) is 19.9 Å². The molecule has 4 heteroatoms. The van der Waals surface area contributed by atoms with Crippen LogP contribution in [0.1, 0.15) is 18.1 Å². The molecule has 15 heavy (non-hydrogen) atoms. The molecule has 0 bridgehead atoms. The Balaban J connectivity index is 2.66. The molecule has 0 atom stereocenters. The quantitative estimate of drug-likeness (QED) is 0.789. The first-order valence-corrected chi connectivity index (χ1v) is 5.30. The minimum atomic E-state index is -0.296. The summed E-state index contributed by atoms with van der Waals surface area (Å²) in [5.41, 5.74) is 1.42. The molecule has 1 rings (SSSR count). The Labute approximate surface area is 93.4 Å². The van der Waals surface area contributed by atoms with Gasteiger partial charge in [-0.3, -0.25) is 4.79 Å². The lowest BCUT2D eigenvalue weighted by molar-refractivity contribution is -0.118. The van der Waals surface area contributed by atoms with Crippen molar-refractivity contribution < 1.29 is 9.18 Å². The highest BCUT2D eigenvalue weighted by Gasteiger charge is 2.04. The third kappa shape index (κ3) is 3.51. The number of amides is 1. The van der Waals surface area contributed by atoms with E-state index in [2.05, 4.69) is 5.32 Å². The molecular weight excluding hydrogens is 217 g/mol. The molecular formula is C11H13ClFNO. The highest BCUT2D eigenvalue weighted by atomic mass is 35.5. The van der Waals surface area contributed by atoms with E-state index in [1.54, 1.807) is 6.07 Å². The standard InChI is InChI=1S/C11H13ClFNO/c1-2-8-3-4-9(10(13)5-8)7-14-11(15)6-12/h3-5H,2,6-7H2,1H3,(H,14,15). The molecule has 1 aromatic carbocycles. The fourth-order valence-electron chi connectivity index (χ4n) is 1.20. The SMILES string of the molecule is CCc1ccc(CNC(=O)CCl)c(F)c1. The summed E-state index contributed by atoms with van der Waals surface area (Å²) >= 11 is 5.30. The van der Waals surface area contributed by atoms with E-state index in [-0.39, 0.29) is 24.1 Å². The van der Waals surface area contributed by atoms with Crippen LogP contribution in [0.5, 0.6) is 0 Å². The van der Waals surface area contributed by atoms with Crippen LogP contribution in [0.25, 0.3) is 0 Å². The van der Waals surface area contributed by atoms with Crippen molar-refractivity contribution in [2.24, 2.45) is 0 Å². The van der Waals surface area contributed by atoms with Crippen molar-refractivity contribution in [1.82, 2.24) is 5.32 Å². The summed E-state index contributed by atoms with van der Waals surface area (Å²) in [6.07, 6.45) is 0.797. The maximum absolute atomic E-state index is 13.4. The van der Waals surface area contributed by atoms with Gasteiger partial charge in [0.1, 0.15) is 11.7 Å². The number of rotatable bonds is 4. The molecule has 1 N–H and O–H groups in total. The lowest BCUT2D eigenvalue weighted by atomic mass is 10.1. The summed E-state index contributed by atoms with van der Waals surface area (Å²) in [4.78, 5) is 10.9. The van der Waals surface area contributed by atoms with E-state index < -0.39 is 0 Å². The van der Waals surface area contributed by atoms with Gasteiger partial charge in [0.2, 0.25) is 5.91 Å². The molecule has 0 saturated heterocycles. The molecule has 0 spiro atoms. The van der Waals surface area contributed by atoms with E-state index in [9.17, 15) is 9.18 Å². The fourth-order valence-corrected chi connectivity index (χ4v) is 1.29. The monoisotopic (exact) mass is 229 g/mol. The first-order valence-electron chi connectivity index (χ1n) is 4.77. The number of hydrogen-bond acceptors (Lipinski definition) is 1. The third-order valence-corrected chi connectivity index (χ3v) is 2.37. The average Bonchev–Trinajstić information content (AvgIpc) is 2.26. The van der Waals surface area contributed by atoms with Crippen molar-refractivity contribution in [3.63, 3.8) is 0 Å². The zero-order valence-corrected chi connectivity index (χ0v) is 9.27. The molecule has 0 aromatic heterocycles. The molecule has 0 aliphatic carbocycles. The topological polar surface area (TPSA) is 29.1 Å². The summed E-state index contributed by atoms with van der Waals surface area (Å²) in [7, 11) is 0. The predicted octanol–water partition coefficient (Wildman–Crippen LogP) is 2.24. The number of carbonyl (C=O) groups is 1. The number of benzene rings is 1. The molecule has 0 unspecified atom stereocenters. The van der Waals surface area contributed by atoms with Crippen molar-refractivity contribution in [1.29, 1.82) is 0 Å². The largest absolute Gasteiger partial charge is 0.351 e. The van der Waals surface area contributed by atoms with Gasteiger partial charge in [0.15, 0.2) is 0 Å². The van der Waals surface area contributed by atoms with Gasteiger partial charge < -0.3 is 5.32 Å². The van der Waals surface area contributed by atoms with Crippen LogP contribution < -0.4 is 5.32 Å². The van der Waals surface area contributed by atoms with Gasteiger partial charge in [-0.1, -0.05) is 19.1 Å². The Morgan fingerprint density at radius 3 is 2.80 bits per heavy atom. The summed E-state index contributed by atoms with van der Waals surface area (Å²) in [5.74, 6) is -0.686. The van der Waals surface area contributed by atoms with Crippen LogP contribution in [-0.2, 0) is 17.8 Å². The number of carbonyl (C=O) groups excluding carboxylic acids is 1. The number of aryl methyl sites for hydroxylation is 1. The van der Waals surface area contributed by atoms with Crippen LogP contribution in [0.3, 0.4) is 0 Å². The minimum absolute atomic E-state index is 0.103. The van der Waals surface area contributed by atoms with Crippen LogP contribution >= 0.6 is 11.6 Å². The lowest BCUT2D eigenvalue weighted by Gasteiger charge is -2.06. The van der Waals surface area contributed by atoms with Gasteiger partial charge in [0, 0.05) is 12.1 Å². The van der Waals surface area contributed by atoms with E-state index in [0.717, 1.165) is 12.0 Å². The van der Waals surface area contributed by atoms with Crippen LogP contribution in [0.4, 0.5) is 4.39 Å². The van der Waals surface area contributed by atoms with Crippen LogP contribution in [0, 0.1) is 5.82 Å². The van der Waals surface area contributed by atoms with E-state index in [1.165, 1.54) is 6.07 Å². The molecule has 0 radical (unpaired) electrons. The minimum Gasteiger partial charge on any atom is -0.351 e. The van der Waals surface area contributed by atoms with Crippen molar-refractivity contribution in [2.75, 3.05) is 5.88 Å². The smallest absolute Gasteiger partial charge is 0.235 e. The molecule has 0 heterocycles. The predicted molar refractivity (Wildman–Crippen MR) is 58.3 cm³/mol. The Morgan fingerprint density at radius 2 is 2.27 bits per heavy atom. The second kappa shape index (κ2) is 5.71. The first-order chi connectivity index (χ1) is 7.17. The molecule has 1 aromatic rings. The second-order valence-electron chi connectivity index (χ2n) is 3.19. The molecule has 2 nitrogen and oxygen atoms in total. The summed E-state index contributed by atoms with van der Waals surface area (Å²) in [6, 6.07) is 5.02. The van der Waals surface area contributed by atoms with Gasteiger partial charge in [-0.15, -0.1) is 11.6 Å². The Hall–Kier alpha value is -1.09. The zero-order chi connectivity index (χ0) is 11.3. The van der Waals surface area contributed by atoms with Gasteiger partial charge in [0.05, 0.1) is 0 Å².